The monoisotopic (exact) mass is 365 g/mol. The van der Waals surface area contributed by atoms with Gasteiger partial charge in [-0.25, -0.2) is 9.78 Å². The molecule has 2 aromatic rings. The van der Waals surface area contributed by atoms with Gasteiger partial charge in [-0.2, -0.15) is 0 Å². The van der Waals surface area contributed by atoms with Gasteiger partial charge < -0.3 is 14.6 Å². The Bertz CT molecular complexity index is 805. The van der Waals surface area contributed by atoms with E-state index < -0.39 is 24.1 Å². The van der Waals surface area contributed by atoms with E-state index in [2.05, 4.69) is 4.98 Å². The summed E-state index contributed by atoms with van der Waals surface area (Å²) >= 11 is 1.18. The predicted molar refractivity (Wildman–Crippen MR) is 92.2 cm³/mol. The molecule has 1 aromatic heterocycles. The second-order valence-corrected chi connectivity index (χ2v) is 7.37. The standard InChI is InChI=1S/C17H19NO6S/c1-17(2,3)24-15(22)7-6-12(19)16-18-11-5-4-10(8-13(11)25-16)23-9-14(20)21/h4-5,8H,6-7,9H2,1-3H3,(H,20,21). The van der Waals surface area contributed by atoms with Gasteiger partial charge in [0.15, 0.2) is 17.4 Å². The van der Waals surface area contributed by atoms with Crippen LogP contribution in [0.2, 0.25) is 0 Å². The van der Waals surface area contributed by atoms with Gasteiger partial charge in [-0.3, -0.25) is 9.59 Å². The maximum absolute atomic E-state index is 12.2. The molecule has 0 radical (unpaired) electrons. The molecule has 134 valence electrons. The van der Waals surface area contributed by atoms with Crippen molar-refractivity contribution in [2.45, 2.75) is 39.2 Å². The average molecular weight is 365 g/mol. The lowest BCUT2D eigenvalue weighted by molar-refractivity contribution is -0.154. The number of esters is 1. The van der Waals surface area contributed by atoms with Gasteiger partial charge in [-0.1, -0.05) is 0 Å². The van der Waals surface area contributed by atoms with Crippen molar-refractivity contribution >= 4 is 39.3 Å². The number of aliphatic carboxylic acids is 1. The quantitative estimate of drug-likeness (QED) is 0.594. The zero-order chi connectivity index (χ0) is 18.6. The van der Waals surface area contributed by atoms with E-state index in [4.69, 9.17) is 14.6 Å². The van der Waals surface area contributed by atoms with Gasteiger partial charge in [0.2, 0.25) is 0 Å². The van der Waals surface area contributed by atoms with E-state index in [1.807, 2.05) is 0 Å². The number of aromatic nitrogens is 1. The van der Waals surface area contributed by atoms with E-state index in [9.17, 15) is 14.4 Å². The summed E-state index contributed by atoms with van der Waals surface area (Å²) in [4.78, 5) is 38.7. The van der Waals surface area contributed by atoms with E-state index >= 15 is 0 Å². The van der Waals surface area contributed by atoms with Crippen LogP contribution in [0.1, 0.15) is 43.4 Å². The number of Topliss-reactive ketones (excluding diaryl/α,β-unsaturated/α-hetero) is 1. The Labute approximate surface area is 148 Å². The smallest absolute Gasteiger partial charge is 0.341 e. The summed E-state index contributed by atoms with van der Waals surface area (Å²) in [5, 5.41) is 8.92. The molecule has 1 aromatic carbocycles. The fourth-order valence-corrected chi connectivity index (χ4v) is 2.94. The lowest BCUT2D eigenvalue weighted by atomic mass is 10.2. The molecule has 0 saturated carbocycles. The number of hydrogen-bond donors (Lipinski definition) is 1. The summed E-state index contributed by atoms with van der Waals surface area (Å²) in [6.45, 7) is 4.87. The van der Waals surface area contributed by atoms with Crippen LogP contribution in [0.25, 0.3) is 10.2 Å². The lowest BCUT2D eigenvalue weighted by Gasteiger charge is -2.19. The second-order valence-electron chi connectivity index (χ2n) is 6.34. The number of carboxylic acids is 1. The first kappa shape index (κ1) is 18.9. The van der Waals surface area contributed by atoms with Gasteiger partial charge >= 0.3 is 11.9 Å². The highest BCUT2D eigenvalue weighted by atomic mass is 32.1. The molecule has 0 fully saturated rings. The lowest BCUT2D eigenvalue weighted by Crippen LogP contribution is -2.24. The molecule has 1 N–H and O–H groups in total. The van der Waals surface area contributed by atoms with Gasteiger partial charge in [0.1, 0.15) is 11.4 Å². The van der Waals surface area contributed by atoms with Crippen molar-refractivity contribution in [1.82, 2.24) is 4.98 Å². The maximum atomic E-state index is 12.2. The van der Waals surface area contributed by atoms with Crippen LogP contribution >= 0.6 is 11.3 Å². The number of carboxylic acid groups (broad SMARTS) is 1. The Morgan fingerprint density at radius 1 is 1.20 bits per heavy atom. The highest BCUT2D eigenvalue weighted by molar-refractivity contribution is 7.20. The van der Waals surface area contributed by atoms with Crippen LogP contribution in [0.15, 0.2) is 18.2 Å². The van der Waals surface area contributed by atoms with Crippen molar-refractivity contribution in [2.24, 2.45) is 0 Å². The summed E-state index contributed by atoms with van der Waals surface area (Å²) in [5.74, 6) is -1.33. The largest absolute Gasteiger partial charge is 0.482 e. The van der Waals surface area contributed by atoms with Gasteiger partial charge in [-0.15, -0.1) is 11.3 Å². The number of fused-ring (bicyclic) bond motifs is 1. The minimum Gasteiger partial charge on any atom is -0.482 e. The van der Waals surface area contributed by atoms with E-state index in [1.165, 1.54) is 11.3 Å². The Kier molecular flexibility index (Phi) is 5.73. The van der Waals surface area contributed by atoms with Crippen LogP contribution in [0.4, 0.5) is 0 Å². The van der Waals surface area contributed by atoms with Crippen LogP contribution in [-0.2, 0) is 14.3 Å². The summed E-state index contributed by atoms with van der Waals surface area (Å²) < 4.78 is 11.0. The average Bonchev–Trinajstić information content (AvgIpc) is 2.92. The molecule has 0 amide bonds. The number of carbonyl (C=O) groups excluding carboxylic acids is 2. The molecule has 0 spiro atoms. The molecule has 0 aliphatic heterocycles. The molecular weight excluding hydrogens is 346 g/mol. The predicted octanol–water partition coefficient (Wildman–Crippen LogP) is 3.06. The second kappa shape index (κ2) is 7.60. The highest BCUT2D eigenvalue weighted by Crippen LogP contribution is 2.27. The number of thiazole rings is 1. The van der Waals surface area contributed by atoms with E-state index in [-0.39, 0.29) is 18.6 Å². The first-order chi connectivity index (χ1) is 11.6. The van der Waals surface area contributed by atoms with Crippen LogP contribution in [0, 0.1) is 0 Å². The maximum Gasteiger partial charge on any atom is 0.341 e. The van der Waals surface area contributed by atoms with Crippen molar-refractivity contribution in [1.29, 1.82) is 0 Å². The Morgan fingerprint density at radius 3 is 2.56 bits per heavy atom. The zero-order valence-corrected chi connectivity index (χ0v) is 15.0. The molecule has 0 unspecified atom stereocenters. The Morgan fingerprint density at radius 2 is 1.92 bits per heavy atom. The van der Waals surface area contributed by atoms with Crippen molar-refractivity contribution in [3.63, 3.8) is 0 Å². The van der Waals surface area contributed by atoms with Crippen LogP contribution < -0.4 is 4.74 Å². The summed E-state index contributed by atoms with van der Waals surface area (Å²) in [7, 11) is 0. The normalized spacial score (nSPS) is 11.3. The number of carbonyl (C=O) groups is 3. The van der Waals surface area contributed by atoms with Crippen molar-refractivity contribution in [3.8, 4) is 5.75 Å². The van der Waals surface area contributed by atoms with Gasteiger partial charge in [0.25, 0.3) is 0 Å². The SMILES string of the molecule is CC(C)(C)OC(=O)CCC(=O)c1nc2ccc(OCC(=O)O)cc2s1. The van der Waals surface area contributed by atoms with Crippen molar-refractivity contribution in [2.75, 3.05) is 6.61 Å². The summed E-state index contributed by atoms with van der Waals surface area (Å²) in [6, 6.07) is 4.90. The minimum absolute atomic E-state index is 0.000991. The first-order valence-corrected chi connectivity index (χ1v) is 8.46. The van der Waals surface area contributed by atoms with Crippen LogP contribution in [0.5, 0.6) is 5.75 Å². The van der Waals surface area contributed by atoms with E-state index in [0.29, 0.717) is 21.0 Å². The fraction of sp³-hybridized carbons (Fsp3) is 0.412. The highest BCUT2D eigenvalue weighted by Gasteiger charge is 2.19. The van der Waals surface area contributed by atoms with Gasteiger partial charge in [0, 0.05) is 6.42 Å². The molecule has 7 nitrogen and oxygen atoms in total. The topological polar surface area (TPSA) is 103 Å². The first-order valence-electron chi connectivity index (χ1n) is 7.64. The fourth-order valence-electron chi connectivity index (χ4n) is 1.97. The third-order valence-corrected chi connectivity index (χ3v) is 4.00. The van der Waals surface area contributed by atoms with Crippen LogP contribution in [0.3, 0.4) is 0 Å². The van der Waals surface area contributed by atoms with Crippen molar-refractivity contribution in [3.05, 3.63) is 23.2 Å². The Hall–Kier alpha value is -2.48. The molecule has 8 heteroatoms. The number of rotatable bonds is 7. The third kappa shape index (κ3) is 5.82. The van der Waals surface area contributed by atoms with E-state index in [1.54, 1.807) is 39.0 Å². The molecule has 1 heterocycles. The number of nitrogens with zero attached hydrogens (tertiary/aromatic N) is 1. The molecular formula is C17H19NO6S. The number of ketones is 1. The molecule has 25 heavy (non-hydrogen) atoms. The third-order valence-electron chi connectivity index (χ3n) is 2.94. The van der Waals surface area contributed by atoms with Crippen LogP contribution in [-0.4, -0.2) is 40.0 Å². The molecule has 0 aliphatic carbocycles. The minimum atomic E-state index is -1.07. The summed E-state index contributed by atoms with van der Waals surface area (Å²) in [6.07, 6.45) is 0.0239. The summed E-state index contributed by atoms with van der Waals surface area (Å²) in [5.41, 5.74) is 0.0378. The molecule has 0 bridgehead atoms. The molecule has 0 aliphatic rings. The Balaban J connectivity index is 2.01. The zero-order valence-electron chi connectivity index (χ0n) is 14.2. The van der Waals surface area contributed by atoms with Crippen molar-refractivity contribution < 1.29 is 29.0 Å². The van der Waals surface area contributed by atoms with Gasteiger partial charge in [0.05, 0.1) is 16.6 Å². The molecule has 2 rings (SSSR count). The molecule has 0 saturated heterocycles. The molecule has 0 atom stereocenters. The van der Waals surface area contributed by atoms with Gasteiger partial charge in [-0.05, 0) is 39.0 Å². The number of ether oxygens (including phenoxy) is 2. The number of benzene rings is 1. The van der Waals surface area contributed by atoms with E-state index in [0.717, 1.165) is 0 Å². The number of hydrogen-bond acceptors (Lipinski definition) is 7.